The normalized spacial score (nSPS) is 11.3. The summed E-state index contributed by atoms with van der Waals surface area (Å²) in [6.45, 7) is 4.54. The monoisotopic (exact) mass is 331 g/mol. The number of sulfone groups is 1. The zero-order valence-corrected chi connectivity index (χ0v) is 14.4. The van der Waals surface area contributed by atoms with E-state index in [9.17, 15) is 13.2 Å². The molecule has 1 amide bonds. The summed E-state index contributed by atoms with van der Waals surface area (Å²) in [7, 11) is -3.26. The second-order valence-electron chi connectivity index (χ2n) is 5.37. The minimum absolute atomic E-state index is 0.142. The van der Waals surface area contributed by atoms with Crippen molar-refractivity contribution in [3.8, 4) is 0 Å². The molecular weight excluding hydrogens is 310 g/mol. The fourth-order valence-electron chi connectivity index (χ4n) is 2.36. The SMILES string of the molecule is CCc1ccc(N(CC)C(=O)c2ccc(S(C)(=O)=O)cc2)cc1. The Morgan fingerprint density at radius 1 is 0.957 bits per heavy atom. The van der Waals surface area contributed by atoms with Gasteiger partial charge in [-0.2, -0.15) is 0 Å². The summed E-state index contributed by atoms with van der Waals surface area (Å²) in [4.78, 5) is 14.6. The molecule has 0 aromatic heterocycles. The van der Waals surface area contributed by atoms with Gasteiger partial charge in [0.15, 0.2) is 9.84 Å². The predicted octanol–water partition coefficient (Wildman–Crippen LogP) is 3.32. The van der Waals surface area contributed by atoms with Crippen molar-refractivity contribution in [2.45, 2.75) is 25.2 Å². The number of anilines is 1. The summed E-state index contributed by atoms with van der Waals surface area (Å²) in [5, 5.41) is 0. The lowest BCUT2D eigenvalue weighted by atomic mass is 10.1. The average Bonchev–Trinajstić information content (AvgIpc) is 2.55. The fraction of sp³-hybridized carbons (Fsp3) is 0.278. The molecule has 0 fully saturated rings. The highest BCUT2D eigenvalue weighted by Crippen LogP contribution is 2.19. The number of aryl methyl sites for hydroxylation is 1. The van der Waals surface area contributed by atoms with Crippen molar-refractivity contribution in [1.29, 1.82) is 0 Å². The van der Waals surface area contributed by atoms with Gasteiger partial charge in [0.1, 0.15) is 0 Å². The number of carbonyl (C=O) groups excluding carboxylic acids is 1. The Kier molecular flexibility index (Phi) is 5.21. The third kappa shape index (κ3) is 3.99. The summed E-state index contributed by atoms with van der Waals surface area (Å²) in [6, 6.07) is 13.9. The zero-order valence-electron chi connectivity index (χ0n) is 13.6. The Morgan fingerprint density at radius 3 is 1.96 bits per heavy atom. The summed E-state index contributed by atoms with van der Waals surface area (Å²) >= 11 is 0. The summed E-state index contributed by atoms with van der Waals surface area (Å²) in [5.74, 6) is -0.142. The van der Waals surface area contributed by atoms with Crippen LogP contribution in [0, 0.1) is 0 Å². The molecule has 0 spiro atoms. The van der Waals surface area contributed by atoms with Crippen LogP contribution in [-0.2, 0) is 16.3 Å². The van der Waals surface area contributed by atoms with Crippen molar-refractivity contribution in [2.24, 2.45) is 0 Å². The van der Waals surface area contributed by atoms with E-state index in [1.165, 1.54) is 17.7 Å². The molecule has 0 N–H and O–H groups in total. The quantitative estimate of drug-likeness (QED) is 0.844. The Hall–Kier alpha value is -2.14. The Morgan fingerprint density at radius 2 is 1.52 bits per heavy atom. The number of benzene rings is 2. The predicted molar refractivity (Wildman–Crippen MR) is 92.7 cm³/mol. The lowest BCUT2D eigenvalue weighted by molar-refractivity contribution is 0.0988. The number of nitrogens with zero attached hydrogens (tertiary/aromatic N) is 1. The molecule has 0 aliphatic rings. The van der Waals surface area contributed by atoms with Gasteiger partial charge in [-0.15, -0.1) is 0 Å². The van der Waals surface area contributed by atoms with Gasteiger partial charge in [-0.25, -0.2) is 8.42 Å². The number of carbonyl (C=O) groups is 1. The van der Waals surface area contributed by atoms with E-state index in [-0.39, 0.29) is 10.8 Å². The molecule has 2 aromatic rings. The second kappa shape index (κ2) is 6.96. The highest BCUT2D eigenvalue weighted by Gasteiger charge is 2.17. The van der Waals surface area contributed by atoms with Crippen LogP contribution in [0.3, 0.4) is 0 Å². The highest BCUT2D eigenvalue weighted by atomic mass is 32.2. The molecule has 0 heterocycles. The van der Waals surface area contributed by atoms with Crippen LogP contribution in [0.25, 0.3) is 0 Å². The van der Waals surface area contributed by atoms with Crippen LogP contribution < -0.4 is 4.90 Å². The summed E-state index contributed by atoms with van der Waals surface area (Å²) in [6.07, 6.45) is 2.10. The van der Waals surface area contributed by atoms with E-state index in [2.05, 4.69) is 6.92 Å². The molecule has 5 heteroatoms. The number of rotatable bonds is 5. The zero-order chi connectivity index (χ0) is 17.0. The first-order chi connectivity index (χ1) is 10.9. The van der Waals surface area contributed by atoms with E-state index in [4.69, 9.17) is 0 Å². The molecule has 0 radical (unpaired) electrons. The molecule has 0 saturated carbocycles. The molecule has 0 saturated heterocycles. The van der Waals surface area contributed by atoms with Gasteiger partial charge in [-0.1, -0.05) is 19.1 Å². The van der Waals surface area contributed by atoms with Gasteiger partial charge in [0.2, 0.25) is 0 Å². The van der Waals surface area contributed by atoms with Gasteiger partial charge >= 0.3 is 0 Å². The molecule has 4 nitrogen and oxygen atoms in total. The van der Waals surface area contributed by atoms with Crippen LogP contribution in [0.1, 0.15) is 29.8 Å². The molecule has 2 aromatic carbocycles. The molecule has 0 bridgehead atoms. The van der Waals surface area contributed by atoms with Crippen LogP contribution >= 0.6 is 0 Å². The number of hydrogen-bond donors (Lipinski definition) is 0. The maximum absolute atomic E-state index is 12.7. The van der Waals surface area contributed by atoms with Crippen molar-refractivity contribution < 1.29 is 13.2 Å². The molecule has 0 aliphatic carbocycles. The largest absolute Gasteiger partial charge is 0.309 e. The first-order valence-electron chi connectivity index (χ1n) is 7.57. The smallest absolute Gasteiger partial charge is 0.258 e. The topological polar surface area (TPSA) is 54.5 Å². The first-order valence-corrected chi connectivity index (χ1v) is 9.47. The molecule has 2 rings (SSSR count). The van der Waals surface area contributed by atoms with Crippen LogP contribution in [0.4, 0.5) is 5.69 Å². The van der Waals surface area contributed by atoms with E-state index < -0.39 is 9.84 Å². The number of hydrogen-bond acceptors (Lipinski definition) is 3. The van der Waals surface area contributed by atoms with Gasteiger partial charge in [0, 0.05) is 24.1 Å². The van der Waals surface area contributed by atoms with Crippen molar-refractivity contribution in [2.75, 3.05) is 17.7 Å². The Bertz CT molecular complexity index is 778. The second-order valence-corrected chi connectivity index (χ2v) is 7.38. The van der Waals surface area contributed by atoms with Gasteiger partial charge in [-0.3, -0.25) is 4.79 Å². The summed E-state index contributed by atoms with van der Waals surface area (Å²) < 4.78 is 23.0. The van der Waals surface area contributed by atoms with Crippen molar-refractivity contribution >= 4 is 21.4 Å². The maximum Gasteiger partial charge on any atom is 0.258 e. The van der Waals surface area contributed by atoms with Crippen LogP contribution in [0.2, 0.25) is 0 Å². The van der Waals surface area contributed by atoms with E-state index in [0.717, 1.165) is 18.4 Å². The fourth-order valence-corrected chi connectivity index (χ4v) is 2.99. The third-order valence-corrected chi connectivity index (χ3v) is 4.88. The average molecular weight is 331 g/mol. The van der Waals surface area contributed by atoms with E-state index >= 15 is 0 Å². The van der Waals surface area contributed by atoms with Crippen molar-refractivity contribution in [1.82, 2.24) is 0 Å². The van der Waals surface area contributed by atoms with Gasteiger partial charge in [0.25, 0.3) is 5.91 Å². The minimum Gasteiger partial charge on any atom is -0.309 e. The van der Waals surface area contributed by atoms with E-state index in [1.54, 1.807) is 17.0 Å². The van der Waals surface area contributed by atoms with Crippen LogP contribution in [0.5, 0.6) is 0 Å². The molecule has 23 heavy (non-hydrogen) atoms. The van der Waals surface area contributed by atoms with Gasteiger partial charge in [0.05, 0.1) is 4.90 Å². The van der Waals surface area contributed by atoms with Crippen molar-refractivity contribution in [3.63, 3.8) is 0 Å². The molecule has 122 valence electrons. The Balaban J connectivity index is 2.28. The standard InChI is InChI=1S/C18H21NO3S/c1-4-14-6-10-16(11-7-14)19(5-2)18(20)15-8-12-17(13-9-15)23(3,21)22/h6-13H,4-5H2,1-3H3. The van der Waals surface area contributed by atoms with E-state index in [1.807, 2.05) is 31.2 Å². The minimum atomic E-state index is -3.26. The lowest BCUT2D eigenvalue weighted by Gasteiger charge is -2.21. The van der Waals surface area contributed by atoms with Gasteiger partial charge < -0.3 is 4.90 Å². The van der Waals surface area contributed by atoms with Crippen LogP contribution in [0.15, 0.2) is 53.4 Å². The lowest BCUT2D eigenvalue weighted by Crippen LogP contribution is -2.30. The molecule has 0 aliphatic heterocycles. The maximum atomic E-state index is 12.7. The summed E-state index contributed by atoms with van der Waals surface area (Å²) in [5.41, 5.74) is 2.52. The molecule has 0 atom stereocenters. The molecule has 0 unspecified atom stereocenters. The van der Waals surface area contributed by atoms with Crippen molar-refractivity contribution in [3.05, 3.63) is 59.7 Å². The molecular formula is C18H21NO3S. The number of amides is 1. The Labute approximate surface area is 137 Å². The van der Waals surface area contributed by atoms with Crippen LogP contribution in [-0.4, -0.2) is 27.1 Å². The third-order valence-electron chi connectivity index (χ3n) is 3.75. The highest BCUT2D eigenvalue weighted by molar-refractivity contribution is 7.90. The first kappa shape index (κ1) is 17.2. The van der Waals surface area contributed by atoms with Gasteiger partial charge in [-0.05, 0) is 55.3 Å². The van der Waals surface area contributed by atoms with E-state index in [0.29, 0.717) is 12.1 Å².